The van der Waals surface area contributed by atoms with Gasteiger partial charge in [-0.25, -0.2) is 4.98 Å². The van der Waals surface area contributed by atoms with Crippen LogP contribution in [0.2, 0.25) is 0 Å². The zero-order chi connectivity index (χ0) is 21.4. The van der Waals surface area contributed by atoms with Crippen molar-refractivity contribution in [2.24, 2.45) is 0 Å². The number of H-pyrrole nitrogens is 1. The molecule has 0 aliphatic heterocycles. The molecular weight excluding hydrogens is 378 g/mol. The zero-order valence-electron chi connectivity index (χ0n) is 16.8. The molecule has 148 valence electrons. The molecule has 0 fully saturated rings. The highest BCUT2D eigenvalue weighted by Crippen LogP contribution is 2.27. The van der Waals surface area contributed by atoms with Crippen molar-refractivity contribution in [3.63, 3.8) is 0 Å². The third kappa shape index (κ3) is 3.35. The standard InChI is InChI=1S/C23H19N5O2/c1-14-7-8-21-22(9-14)26-23(25-21)18(13-24)11-17-10-15(2)27(16(17)3)19-5-4-6-20(12-19)28(29)30/h4-12H,1-3H3,(H,25,26)/b18-11-. The molecule has 2 aromatic carbocycles. The van der Waals surface area contributed by atoms with Gasteiger partial charge in [-0.15, -0.1) is 0 Å². The monoisotopic (exact) mass is 397 g/mol. The van der Waals surface area contributed by atoms with Crippen molar-refractivity contribution >= 4 is 28.4 Å². The molecule has 1 N–H and O–H groups in total. The summed E-state index contributed by atoms with van der Waals surface area (Å²) in [7, 11) is 0. The molecule has 4 aromatic rings. The number of nitro benzene ring substituents is 1. The summed E-state index contributed by atoms with van der Waals surface area (Å²) in [5, 5.41) is 20.9. The van der Waals surface area contributed by atoms with Crippen molar-refractivity contribution in [2.45, 2.75) is 20.8 Å². The Labute approximate surface area is 173 Å². The maximum absolute atomic E-state index is 11.1. The number of rotatable bonds is 4. The molecule has 0 aliphatic rings. The molecule has 0 spiro atoms. The fourth-order valence-electron chi connectivity index (χ4n) is 3.64. The van der Waals surface area contributed by atoms with Gasteiger partial charge in [-0.05, 0) is 62.2 Å². The maximum atomic E-state index is 11.1. The Balaban J connectivity index is 1.79. The van der Waals surface area contributed by atoms with E-state index in [9.17, 15) is 15.4 Å². The molecule has 30 heavy (non-hydrogen) atoms. The Morgan fingerprint density at radius 2 is 2.00 bits per heavy atom. The summed E-state index contributed by atoms with van der Waals surface area (Å²) in [5.74, 6) is 0.512. The number of benzene rings is 2. The van der Waals surface area contributed by atoms with E-state index in [0.29, 0.717) is 17.1 Å². The minimum Gasteiger partial charge on any atom is -0.337 e. The van der Waals surface area contributed by atoms with Gasteiger partial charge in [0.1, 0.15) is 11.9 Å². The van der Waals surface area contributed by atoms with E-state index >= 15 is 0 Å². The van der Waals surface area contributed by atoms with Crippen LogP contribution in [0.1, 0.15) is 28.3 Å². The first-order valence-corrected chi connectivity index (χ1v) is 9.39. The van der Waals surface area contributed by atoms with Crippen LogP contribution in [0, 0.1) is 42.2 Å². The topological polar surface area (TPSA) is 101 Å². The SMILES string of the molecule is Cc1ccc2nc(/C(C#N)=C\c3cc(C)n(-c4cccc([N+](=O)[O-])c4)c3C)[nH]c2c1. The molecule has 4 rings (SSSR count). The lowest BCUT2D eigenvalue weighted by Gasteiger charge is -2.09. The van der Waals surface area contributed by atoms with Crippen LogP contribution < -0.4 is 0 Å². The van der Waals surface area contributed by atoms with E-state index in [-0.39, 0.29) is 5.69 Å². The molecule has 0 aliphatic carbocycles. The number of nitrogens with one attached hydrogen (secondary N) is 1. The van der Waals surface area contributed by atoms with E-state index in [1.54, 1.807) is 18.2 Å². The van der Waals surface area contributed by atoms with E-state index < -0.39 is 4.92 Å². The average molecular weight is 397 g/mol. The number of hydrogen-bond acceptors (Lipinski definition) is 4. The van der Waals surface area contributed by atoms with Gasteiger partial charge in [-0.1, -0.05) is 12.1 Å². The van der Waals surface area contributed by atoms with Crippen LogP contribution >= 0.6 is 0 Å². The number of allylic oxidation sites excluding steroid dienone is 1. The molecule has 7 heteroatoms. The number of non-ortho nitro benzene ring substituents is 1. The van der Waals surface area contributed by atoms with Gasteiger partial charge >= 0.3 is 0 Å². The lowest BCUT2D eigenvalue weighted by molar-refractivity contribution is -0.384. The maximum Gasteiger partial charge on any atom is 0.271 e. The summed E-state index contributed by atoms with van der Waals surface area (Å²) in [6.07, 6.45) is 1.79. The van der Waals surface area contributed by atoms with Crippen molar-refractivity contribution in [1.82, 2.24) is 14.5 Å². The second-order valence-electron chi connectivity index (χ2n) is 7.21. The van der Waals surface area contributed by atoms with Crippen LogP contribution in [0.5, 0.6) is 0 Å². The Kier molecular flexibility index (Phi) is 4.68. The number of fused-ring (bicyclic) bond motifs is 1. The summed E-state index contributed by atoms with van der Waals surface area (Å²) in [6.45, 7) is 5.86. The first-order valence-electron chi connectivity index (χ1n) is 9.39. The molecule has 2 aromatic heterocycles. The van der Waals surface area contributed by atoms with Gasteiger partial charge in [0.25, 0.3) is 5.69 Å². The smallest absolute Gasteiger partial charge is 0.271 e. The number of hydrogen-bond donors (Lipinski definition) is 1. The van der Waals surface area contributed by atoms with E-state index in [4.69, 9.17) is 0 Å². The number of aromatic nitrogens is 3. The van der Waals surface area contributed by atoms with Gasteiger partial charge in [0.2, 0.25) is 0 Å². The van der Waals surface area contributed by atoms with Gasteiger partial charge in [0, 0.05) is 23.5 Å². The third-order valence-electron chi connectivity index (χ3n) is 5.08. The predicted molar refractivity (Wildman–Crippen MR) is 116 cm³/mol. The van der Waals surface area contributed by atoms with E-state index in [1.165, 1.54) is 6.07 Å². The van der Waals surface area contributed by atoms with Gasteiger partial charge in [0.05, 0.1) is 27.2 Å². The molecule has 0 bridgehead atoms. The fourth-order valence-corrected chi connectivity index (χ4v) is 3.64. The first kappa shape index (κ1) is 19.2. The van der Waals surface area contributed by atoms with Gasteiger partial charge in [0.15, 0.2) is 0 Å². The highest BCUT2D eigenvalue weighted by atomic mass is 16.6. The molecule has 0 atom stereocenters. The first-order chi connectivity index (χ1) is 14.4. The minimum atomic E-state index is -0.407. The van der Waals surface area contributed by atoms with E-state index in [2.05, 4.69) is 16.0 Å². The molecular formula is C23H19N5O2. The third-order valence-corrected chi connectivity index (χ3v) is 5.08. The quantitative estimate of drug-likeness (QED) is 0.289. The van der Waals surface area contributed by atoms with Gasteiger partial charge in [-0.2, -0.15) is 5.26 Å². The van der Waals surface area contributed by atoms with Crippen LogP contribution in [-0.2, 0) is 0 Å². The Morgan fingerprint density at radius 1 is 1.20 bits per heavy atom. The molecule has 0 amide bonds. The second-order valence-corrected chi connectivity index (χ2v) is 7.21. The summed E-state index contributed by atoms with van der Waals surface area (Å²) < 4.78 is 1.94. The molecule has 0 saturated heterocycles. The molecule has 0 saturated carbocycles. The molecule has 7 nitrogen and oxygen atoms in total. The fraction of sp³-hybridized carbons (Fsp3) is 0.130. The molecule has 0 radical (unpaired) electrons. The Morgan fingerprint density at radius 3 is 2.73 bits per heavy atom. The summed E-state index contributed by atoms with van der Waals surface area (Å²) in [5.41, 5.74) is 6.61. The van der Waals surface area contributed by atoms with Crippen molar-refractivity contribution < 1.29 is 4.92 Å². The van der Waals surface area contributed by atoms with Gasteiger partial charge in [-0.3, -0.25) is 10.1 Å². The van der Waals surface area contributed by atoms with Crippen molar-refractivity contribution in [3.05, 3.63) is 87.0 Å². The van der Waals surface area contributed by atoms with Crippen LogP contribution in [0.25, 0.3) is 28.4 Å². The van der Waals surface area contributed by atoms with Crippen molar-refractivity contribution in [3.8, 4) is 11.8 Å². The summed E-state index contributed by atoms with van der Waals surface area (Å²) in [6, 6.07) is 16.6. The number of aryl methyl sites for hydroxylation is 2. The van der Waals surface area contributed by atoms with E-state index in [1.807, 2.05) is 55.7 Å². The summed E-state index contributed by atoms with van der Waals surface area (Å²) >= 11 is 0. The van der Waals surface area contributed by atoms with Crippen molar-refractivity contribution in [1.29, 1.82) is 5.26 Å². The van der Waals surface area contributed by atoms with Crippen molar-refractivity contribution in [2.75, 3.05) is 0 Å². The number of imidazole rings is 1. The second kappa shape index (κ2) is 7.33. The van der Waals surface area contributed by atoms with E-state index in [0.717, 1.165) is 33.5 Å². The van der Waals surface area contributed by atoms with Gasteiger partial charge < -0.3 is 9.55 Å². The highest BCUT2D eigenvalue weighted by Gasteiger charge is 2.15. The van der Waals surface area contributed by atoms with Crippen LogP contribution in [0.4, 0.5) is 5.69 Å². The lowest BCUT2D eigenvalue weighted by Crippen LogP contribution is -2.00. The number of nitriles is 1. The average Bonchev–Trinajstić information content (AvgIpc) is 3.25. The number of nitro groups is 1. The van der Waals surface area contributed by atoms with Crippen LogP contribution in [-0.4, -0.2) is 19.5 Å². The van der Waals surface area contributed by atoms with Crippen LogP contribution in [0.15, 0.2) is 48.5 Å². The minimum absolute atomic E-state index is 0.0346. The van der Waals surface area contributed by atoms with Crippen LogP contribution in [0.3, 0.4) is 0 Å². The highest BCUT2D eigenvalue weighted by molar-refractivity contribution is 5.91. The molecule has 0 unspecified atom stereocenters. The Hall–Kier alpha value is -4.18. The zero-order valence-corrected chi connectivity index (χ0v) is 16.8. The lowest BCUT2D eigenvalue weighted by atomic mass is 10.1. The number of nitrogens with zero attached hydrogens (tertiary/aromatic N) is 4. The number of aromatic amines is 1. The predicted octanol–water partition coefficient (Wildman–Crippen LogP) is 5.25. The normalized spacial score (nSPS) is 11.6. The molecule has 2 heterocycles. The summed E-state index contributed by atoms with van der Waals surface area (Å²) in [4.78, 5) is 18.5. The Bertz CT molecular complexity index is 1370. The largest absolute Gasteiger partial charge is 0.337 e.